The van der Waals surface area contributed by atoms with Crippen LogP contribution in [-0.2, 0) is 16.4 Å². The molecule has 0 spiro atoms. The molecule has 3 rings (SSSR count). The Balaban J connectivity index is 0.00000320. The van der Waals surface area contributed by atoms with Crippen molar-refractivity contribution >= 4 is 45.6 Å². The molecular formula is C18H27F3IN5O2S. The number of aliphatic imine (C=N–C) groups is 1. The first-order valence-corrected chi connectivity index (χ1v) is 11.1. The Labute approximate surface area is 192 Å². The third kappa shape index (κ3) is 6.61. The molecule has 1 unspecified atom stereocenters. The third-order valence-electron chi connectivity index (χ3n) is 5.07. The normalized spacial score (nSPS) is 20.1. The number of rotatable bonds is 6. The van der Waals surface area contributed by atoms with Gasteiger partial charge in [-0.1, -0.05) is 18.2 Å². The highest BCUT2D eigenvalue weighted by molar-refractivity contribution is 14.0. The molecule has 0 amide bonds. The summed E-state index contributed by atoms with van der Waals surface area (Å²) < 4.78 is 64.3. The van der Waals surface area contributed by atoms with Gasteiger partial charge in [0.2, 0.25) is 10.0 Å². The SMILES string of the molecule is CN=C(NCCS(=O)(=O)N1CCc2ccccc21)NC1CCN(CC(F)(F)F)C1.I. The molecule has 2 aliphatic rings. The van der Waals surface area contributed by atoms with Crippen LogP contribution >= 0.6 is 24.0 Å². The van der Waals surface area contributed by atoms with E-state index in [-0.39, 0.29) is 48.9 Å². The van der Waals surface area contributed by atoms with E-state index in [1.165, 1.54) is 9.21 Å². The summed E-state index contributed by atoms with van der Waals surface area (Å²) in [7, 11) is -1.93. The molecule has 0 bridgehead atoms. The van der Waals surface area contributed by atoms with Gasteiger partial charge in [0.1, 0.15) is 0 Å². The van der Waals surface area contributed by atoms with Crippen LogP contribution in [0.3, 0.4) is 0 Å². The van der Waals surface area contributed by atoms with Crippen molar-refractivity contribution < 1.29 is 21.6 Å². The van der Waals surface area contributed by atoms with Gasteiger partial charge in [0.05, 0.1) is 18.0 Å². The second kappa shape index (κ2) is 10.4. The van der Waals surface area contributed by atoms with Crippen molar-refractivity contribution in [2.24, 2.45) is 4.99 Å². The second-order valence-electron chi connectivity index (χ2n) is 7.25. The number of guanidine groups is 1. The molecule has 0 radical (unpaired) electrons. The summed E-state index contributed by atoms with van der Waals surface area (Å²) in [4.78, 5) is 5.40. The number of para-hydroxylation sites is 1. The van der Waals surface area contributed by atoms with Gasteiger partial charge in [-0.15, -0.1) is 24.0 Å². The fraction of sp³-hybridized carbons (Fsp3) is 0.611. The summed E-state index contributed by atoms with van der Waals surface area (Å²) in [6.07, 6.45) is -2.95. The zero-order valence-corrected chi connectivity index (χ0v) is 19.8. The van der Waals surface area contributed by atoms with E-state index < -0.39 is 22.7 Å². The first-order valence-electron chi connectivity index (χ1n) is 9.52. The number of nitrogens with one attached hydrogen (secondary N) is 2. The van der Waals surface area contributed by atoms with Crippen molar-refractivity contribution in [1.82, 2.24) is 15.5 Å². The zero-order chi connectivity index (χ0) is 21.1. The van der Waals surface area contributed by atoms with Crippen LogP contribution in [0.2, 0.25) is 0 Å². The summed E-state index contributed by atoms with van der Waals surface area (Å²) in [5.74, 6) is 0.285. The van der Waals surface area contributed by atoms with E-state index in [4.69, 9.17) is 0 Å². The smallest absolute Gasteiger partial charge is 0.355 e. The zero-order valence-electron chi connectivity index (χ0n) is 16.7. The van der Waals surface area contributed by atoms with E-state index in [1.54, 1.807) is 13.1 Å². The molecule has 0 aliphatic carbocycles. The maximum Gasteiger partial charge on any atom is 0.401 e. The van der Waals surface area contributed by atoms with Crippen LogP contribution in [0.4, 0.5) is 18.9 Å². The Hall–Kier alpha value is -1.28. The van der Waals surface area contributed by atoms with Crippen molar-refractivity contribution in [2.75, 3.05) is 49.8 Å². The molecule has 1 aromatic rings. The summed E-state index contributed by atoms with van der Waals surface area (Å²) in [6.45, 7) is 0.290. The minimum atomic E-state index is -4.21. The van der Waals surface area contributed by atoms with E-state index >= 15 is 0 Å². The maximum absolute atomic E-state index is 12.7. The van der Waals surface area contributed by atoms with Crippen LogP contribution < -0.4 is 14.9 Å². The number of hydrogen-bond donors (Lipinski definition) is 2. The number of fused-ring (bicyclic) bond motifs is 1. The first kappa shape index (κ1) is 25.0. The van der Waals surface area contributed by atoms with Crippen molar-refractivity contribution in [2.45, 2.75) is 25.1 Å². The Bertz CT molecular complexity index is 850. The maximum atomic E-state index is 12.7. The Morgan fingerprint density at radius 3 is 2.70 bits per heavy atom. The quantitative estimate of drug-likeness (QED) is 0.315. The molecular weight excluding hydrogens is 534 g/mol. The molecule has 2 N–H and O–H groups in total. The van der Waals surface area contributed by atoms with E-state index in [0.717, 1.165) is 11.3 Å². The summed E-state index contributed by atoms with van der Waals surface area (Å²) >= 11 is 0. The van der Waals surface area contributed by atoms with Gasteiger partial charge in [-0.2, -0.15) is 13.2 Å². The lowest BCUT2D eigenvalue weighted by molar-refractivity contribution is -0.143. The van der Waals surface area contributed by atoms with Crippen LogP contribution in [0.25, 0.3) is 0 Å². The summed E-state index contributed by atoms with van der Waals surface area (Å²) in [5.41, 5.74) is 1.75. The second-order valence-corrected chi connectivity index (χ2v) is 9.26. The molecule has 2 aliphatic heterocycles. The average molecular weight is 561 g/mol. The van der Waals surface area contributed by atoms with Crippen LogP contribution in [0.5, 0.6) is 0 Å². The standard InChI is InChI=1S/C18H26F3N5O2S.HI/c1-22-17(24-15-7-9-25(12-15)13-18(19,20)21)23-8-11-29(27,28)26-10-6-14-4-2-3-5-16(14)26;/h2-5,15H,6-13H2,1H3,(H2,22,23,24);1H. The fourth-order valence-electron chi connectivity index (χ4n) is 3.74. The summed E-state index contributed by atoms with van der Waals surface area (Å²) in [5, 5.41) is 6.03. The van der Waals surface area contributed by atoms with Crippen LogP contribution in [0.1, 0.15) is 12.0 Å². The molecule has 170 valence electrons. The topological polar surface area (TPSA) is 77.0 Å². The van der Waals surface area contributed by atoms with Gasteiger partial charge in [-0.05, 0) is 24.5 Å². The fourth-order valence-corrected chi connectivity index (χ4v) is 5.17. The number of halogens is 4. The molecule has 2 heterocycles. The van der Waals surface area contributed by atoms with Gasteiger partial charge in [-0.25, -0.2) is 8.42 Å². The molecule has 7 nitrogen and oxygen atoms in total. The van der Waals surface area contributed by atoms with Crippen molar-refractivity contribution in [3.63, 3.8) is 0 Å². The van der Waals surface area contributed by atoms with Gasteiger partial charge >= 0.3 is 6.18 Å². The number of benzene rings is 1. The van der Waals surface area contributed by atoms with Gasteiger partial charge in [0.15, 0.2) is 5.96 Å². The van der Waals surface area contributed by atoms with Crippen molar-refractivity contribution in [3.05, 3.63) is 29.8 Å². The molecule has 1 atom stereocenters. The van der Waals surface area contributed by atoms with E-state index in [9.17, 15) is 21.6 Å². The first-order chi connectivity index (χ1) is 13.7. The largest absolute Gasteiger partial charge is 0.401 e. The molecule has 1 saturated heterocycles. The number of anilines is 1. The lowest BCUT2D eigenvalue weighted by Crippen LogP contribution is -2.47. The number of sulfonamides is 1. The molecule has 30 heavy (non-hydrogen) atoms. The Kier molecular flexibility index (Phi) is 8.62. The number of nitrogens with zero attached hydrogens (tertiary/aromatic N) is 3. The number of hydrogen-bond acceptors (Lipinski definition) is 4. The minimum Gasteiger partial charge on any atom is -0.355 e. The highest BCUT2D eigenvalue weighted by Crippen LogP contribution is 2.29. The summed E-state index contributed by atoms with van der Waals surface area (Å²) in [6, 6.07) is 7.29. The predicted octanol–water partition coefficient (Wildman–Crippen LogP) is 1.80. The Morgan fingerprint density at radius 1 is 1.27 bits per heavy atom. The van der Waals surface area contributed by atoms with Crippen molar-refractivity contribution in [3.8, 4) is 0 Å². The predicted molar refractivity (Wildman–Crippen MR) is 122 cm³/mol. The molecule has 1 aromatic carbocycles. The van der Waals surface area contributed by atoms with E-state index in [2.05, 4.69) is 15.6 Å². The average Bonchev–Trinajstić information content (AvgIpc) is 3.26. The van der Waals surface area contributed by atoms with Crippen molar-refractivity contribution in [1.29, 1.82) is 0 Å². The number of alkyl halides is 3. The number of likely N-dealkylation sites (tertiary alicyclic amines) is 1. The Morgan fingerprint density at radius 2 is 2.00 bits per heavy atom. The third-order valence-corrected chi connectivity index (χ3v) is 6.84. The van der Waals surface area contributed by atoms with E-state index in [1.807, 2.05) is 18.2 Å². The van der Waals surface area contributed by atoms with E-state index in [0.29, 0.717) is 31.9 Å². The van der Waals surface area contributed by atoms with Crippen LogP contribution in [-0.4, -0.2) is 77.0 Å². The van der Waals surface area contributed by atoms with Gasteiger partial charge in [0, 0.05) is 39.3 Å². The van der Waals surface area contributed by atoms with Gasteiger partial charge < -0.3 is 10.6 Å². The lowest BCUT2D eigenvalue weighted by Gasteiger charge is -2.21. The lowest BCUT2D eigenvalue weighted by atomic mass is 10.2. The molecule has 0 saturated carbocycles. The molecule has 12 heteroatoms. The van der Waals surface area contributed by atoms with Gasteiger partial charge in [-0.3, -0.25) is 14.2 Å². The van der Waals surface area contributed by atoms with Crippen LogP contribution in [0, 0.1) is 0 Å². The highest BCUT2D eigenvalue weighted by atomic mass is 127. The highest BCUT2D eigenvalue weighted by Gasteiger charge is 2.34. The minimum absolute atomic E-state index is 0. The monoisotopic (exact) mass is 561 g/mol. The molecule has 1 fully saturated rings. The van der Waals surface area contributed by atoms with Crippen LogP contribution in [0.15, 0.2) is 29.3 Å². The molecule has 0 aromatic heterocycles. The van der Waals surface area contributed by atoms with Gasteiger partial charge in [0.25, 0.3) is 0 Å².